The summed E-state index contributed by atoms with van der Waals surface area (Å²) >= 11 is 2.45. The predicted octanol–water partition coefficient (Wildman–Crippen LogP) is 2.81. The van der Waals surface area contributed by atoms with E-state index in [1.54, 1.807) is 0 Å². The molecular formula is C6HBrClF4NO3S. The summed E-state index contributed by atoms with van der Waals surface area (Å²) in [5, 5.41) is 0. The summed E-state index contributed by atoms with van der Waals surface area (Å²) in [5.74, 6) is -2.56. The fraction of sp³-hybridized carbons (Fsp3) is 0.167. The Morgan fingerprint density at radius 2 is 1.94 bits per heavy atom. The highest BCUT2D eigenvalue weighted by molar-refractivity contribution is 9.10. The maximum Gasteiger partial charge on any atom is 0.573 e. The molecule has 0 unspecified atom stereocenters. The van der Waals surface area contributed by atoms with E-state index in [0.717, 1.165) is 0 Å². The number of aromatic nitrogens is 1. The third-order valence-corrected chi connectivity index (χ3v) is 3.74. The molecule has 0 saturated heterocycles. The highest BCUT2D eigenvalue weighted by Gasteiger charge is 2.34. The standard InChI is InChI=1S/C6HBrClF4NO3S/c7-3-2(16-6(10,11)12)1-13-5(9)4(3)17(8,14)15/h1H. The van der Waals surface area contributed by atoms with Crippen LogP contribution in [-0.2, 0) is 9.05 Å². The molecule has 0 radical (unpaired) electrons. The van der Waals surface area contributed by atoms with Gasteiger partial charge in [-0.25, -0.2) is 13.4 Å². The highest BCUT2D eigenvalue weighted by atomic mass is 79.9. The zero-order valence-corrected chi connectivity index (χ0v) is 10.6. The fourth-order valence-electron chi connectivity index (χ4n) is 0.837. The van der Waals surface area contributed by atoms with Gasteiger partial charge in [0.2, 0.25) is 5.95 Å². The number of alkyl halides is 3. The van der Waals surface area contributed by atoms with Crippen molar-refractivity contribution in [2.45, 2.75) is 11.3 Å². The molecule has 1 rings (SSSR count). The van der Waals surface area contributed by atoms with Crippen LogP contribution >= 0.6 is 26.6 Å². The molecule has 0 aromatic carbocycles. The monoisotopic (exact) mass is 357 g/mol. The summed E-state index contributed by atoms with van der Waals surface area (Å²) in [7, 11) is 0.236. The number of ether oxygens (including phenoxy) is 1. The number of hydrogen-bond donors (Lipinski definition) is 0. The molecule has 0 aliphatic heterocycles. The van der Waals surface area contributed by atoms with Crippen molar-refractivity contribution in [3.63, 3.8) is 0 Å². The smallest absolute Gasteiger partial charge is 0.403 e. The van der Waals surface area contributed by atoms with E-state index in [0.29, 0.717) is 6.20 Å². The van der Waals surface area contributed by atoms with Gasteiger partial charge < -0.3 is 4.74 Å². The van der Waals surface area contributed by atoms with Gasteiger partial charge in [0, 0.05) is 10.7 Å². The molecule has 1 aromatic heterocycles. The SMILES string of the molecule is O=S(=O)(Cl)c1c(F)ncc(OC(F)(F)F)c1Br. The van der Waals surface area contributed by atoms with Gasteiger partial charge in [-0.15, -0.1) is 13.2 Å². The van der Waals surface area contributed by atoms with Gasteiger partial charge in [0.1, 0.15) is 0 Å². The largest absolute Gasteiger partial charge is 0.573 e. The van der Waals surface area contributed by atoms with Crippen molar-refractivity contribution in [3.05, 3.63) is 16.6 Å². The Bertz CT molecular complexity index is 547. The van der Waals surface area contributed by atoms with Gasteiger partial charge in [-0.1, -0.05) is 0 Å². The Kier molecular flexibility index (Phi) is 3.89. The molecule has 0 bridgehead atoms. The third-order valence-electron chi connectivity index (χ3n) is 1.37. The number of nitrogens with zero attached hydrogens (tertiary/aromatic N) is 1. The van der Waals surface area contributed by atoms with E-state index in [1.807, 2.05) is 0 Å². The van der Waals surface area contributed by atoms with E-state index in [-0.39, 0.29) is 0 Å². The molecule has 17 heavy (non-hydrogen) atoms. The summed E-state index contributed by atoms with van der Waals surface area (Å²) in [6, 6.07) is 0. The van der Waals surface area contributed by atoms with Crippen molar-refractivity contribution in [2.75, 3.05) is 0 Å². The first kappa shape index (κ1) is 14.5. The molecule has 1 heterocycles. The van der Waals surface area contributed by atoms with Gasteiger partial charge in [-0.3, -0.25) is 0 Å². The highest BCUT2D eigenvalue weighted by Crippen LogP contribution is 2.36. The zero-order chi connectivity index (χ0) is 13.4. The van der Waals surface area contributed by atoms with E-state index < -0.39 is 36.5 Å². The first-order valence-corrected chi connectivity index (χ1v) is 6.67. The van der Waals surface area contributed by atoms with Gasteiger partial charge in [0.25, 0.3) is 9.05 Å². The maximum atomic E-state index is 13.0. The van der Waals surface area contributed by atoms with Crippen molar-refractivity contribution in [1.82, 2.24) is 4.98 Å². The molecule has 0 N–H and O–H groups in total. The van der Waals surface area contributed by atoms with Gasteiger partial charge in [-0.2, -0.15) is 4.39 Å². The van der Waals surface area contributed by atoms with Gasteiger partial charge in [-0.05, 0) is 15.9 Å². The average Bonchev–Trinajstić information content (AvgIpc) is 2.06. The second kappa shape index (κ2) is 4.58. The van der Waals surface area contributed by atoms with Crippen LogP contribution in [0, 0.1) is 5.95 Å². The van der Waals surface area contributed by atoms with Crippen LogP contribution in [0.25, 0.3) is 0 Å². The minimum absolute atomic E-state index is 0.373. The molecule has 0 aliphatic carbocycles. The third kappa shape index (κ3) is 3.68. The first-order valence-electron chi connectivity index (χ1n) is 3.57. The van der Waals surface area contributed by atoms with Crippen LogP contribution in [0.3, 0.4) is 0 Å². The molecule has 11 heteroatoms. The Morgan fingerprint density at radius 3 is 2.35 bits per heavy atom. The summed E-state index contributed by atoms with van der Waals surface area (Å²) in [6.45, 7) is 0. The lowest BCUT2D eigenvalue weighted by molar-refractivity contribution is -0.275. The fourth-order valence-corrected chi connectivity index (χ4v) is 3.09. The number of rotatable bonds is 2. The normalized spacial score (nSPS) is 12.6. The lowest BCUT2D eigenvalue weighted by atomic mass is 10.4. The topological polar surface area (TPSA) is 56.3 Å². The molecule has 0 aliphatic rings. The van der Waals surface area contributed by atoms with Crippen molar-refractivity contribution in [1.29, 1.82) is 0 Å². The molecule has 1 aromatic rings. The van der Waals surface area contributed by atoms with E-state index in [4.69, 9.17) is 10.7 Å². The number of halogens is 6. The lowest BCUT2D eigenvalue weighted by Gasteiger charge is -2.11. The number of hydrogen-bond acceptors (Lipinski definition) is 4. The summed E-state index contributed by atoms with van der Waals surface area (Å²) in [4.78, 5) is 1.58. The molecular weight excluding hydrogens is 357 g/mol. The van der Waals surface area contributed by atoms with Gasteiger partial charge >= 0.3 is 6.36 Å². The molecule has 0 fully saturated rings. The van der Waals surface area contributed by atoms with Crippen molar-refractivity contribution < 1.29 is 30.7 Å². The van der Waals surface area contributed by atoms with Crippen LogP contribution in [0.5, 0.6) is 5.75 Å². The van der Waals surface area contributed by atoms with Crippen LogP contribution in [-0.4, -0.2) is 19.8 Å². The Labute approximate surface area is 105 Å². The van der Waals surface area contributed by atoms with Crippen LogP contribution in [0.1, 0.15) is 0 Å². The quantitative estimate of drug-likeness (QED) is 0.463. The van der Waals surface area contributed by atoms with Gasteiger partial charge in [0.15, 0.2) is 10.6 Å². The van der Waals surface area contributed by atoms with Crippen molar-refractivity contribution in [2.24, 2.45) is 0 Å². The van der Waals surface area contributed by atoms with E-state index in [9.17, 15) is 26.0 Å². The molecule has 4 nitrogen and oxygen atoms in total. The Morgan fingerprint density at radius 1 is 1.41 bits per heavy atom. The van der Waals surface area contributed by atoms with E-state index in [2.05, 4.69) is 25.7 Å². The second-order valence-electron chi connectivity index (χ2n) is 2.54. The van der Waals surface area contributed by atoms with Crippen LogP contribution < -0.4 is 4.74 Å². The Balaban J connectivity index is 3.40. The minimum atomic E-state index is -5.07. The van der Waals surface area contributed by atoms with Crippen molar-refractivity contribution in [3.8, 4) is 5.75 Å². The van der Waals surface area contributed by atoms with E-state index >= 15 is 0 Å². The summed E-state index contributed by atoms with van der Waals surface area (Å²) < 4.78 is 73.2. The minimum Gasteiger partial charge on any atom is -0.403 e. The second-order valence-corrected chi connectivity index (χ2v) is 5.84. The predicted molar refractivity (Wildman–Crippen MR) is 51.6 cm³/mol. The molecule has 0 saturated carbocycles. The molecule has 0 spiro atoms. The van der Waals surface area contributed by atoms with E-state index in [1.165, 1.54) is 0 Å². The summed E-state index contributed by atoms with van der Waals surface area (Å²) in [6.07, 6.45) is -4.70. The lowest BCUT2D eigenvalue weighted by Crippen LogP contribution is -2.18. The van der Waals surface area contributed by atoms with Crippen LogP contribution in [0.4, 0.5) is 17.6 Å². The van der Waals surface area contributed by atoms with Crippen LogP contribution in [0.15, 0.2) is 15.6 Å². The average molecular weight is 358 g/mol. The summed E-state index contributed by atoms with van der Waals surface area (Å²) in [5.41, 5.74) is 0. The molecule has 0 atom stereocenters. The van der Waals surface area contributed by atoms with Crippen LogP contribution in [0.2, 0.25) is 0 Å². The first-order chi connectivity index (χ1) is 7.52. The number of pyridine rings is 1. The maximum absolute atomic E-state index is 13.0. The molecule has 0 amide bonds. The Hall–Kier alpha value is -0.610. The van der Waals surface area contributed by atoms with Gasteiger partial charge in [0.05, 0.1) is 10.7 Å². The molecule has 96 valence electrons. The zero-order valence-electron chi connectivity index (χ0n) is 7.43. The van der Waals surface area contributed by atoms with Crippen molar-refractivity contribution >= 4 is 35.7 Å².